The Morgan fingerprint density at radius 2 is 0.438 bits per heavy atom. The number of H-pyrrole nitrogens is 2. The van der Waals surface area contributed by atoms with Crippen molar-refractivity contribution in [3.8, 4) is 90.5 Å². The molecule has 18 N–H and O–H groups in total. The van der Waals surface area contributed by atoms with Gasteiger partial charge in [0.1, 0.15) is 98.9 Å². The summed E-state index contributed by atoms with van der Waals surface area (Å²) in [4.78, 5) is 18.7. The third-order valence-electron chi connectivity index (χ3n) is 12.5. The van der Waals surface area contributed by atoms with Gasteiger partial charge in [-0.1, -0.05) is 0 Å². The first kappa shape index (κ1) is 56.3. The van der Waals surface area contributed by atoms with E-state index in [4.69, 9.17) is 93.7 Å². The third-order valence-corrected chi connectivity index (χ3v) is 12.5. The maximum absolute atomic E-state index is 6.19. The van der Waals surface area contributed by atoms with E-state index in [9.17, 15) is 0 Å². The highest BCUT2D eigenvalue weighted by molar-refractivity contribution is 6.00. The predicted molar refractivity (Wildman–Crippen MR) is 317 cm³/mol. The number of nitrogens with two attached hydrogens (primary N) is 8. The van der Waals surface area contributed by atoms with Crippen LogP contribution in [0.25, 0.3) is 90.9 Å². The summed E-state index contributed by atoms with van der Waals surface area (Å²) in [5.74, 6) is 4.37. The van der Waals surface area contributed by atoms with Crippen LogP contribution in [0.3, 0.4) is 0 Å². The molecule has 0 atom stereocenters. The molecule has 4 aromatic carbocycles. The van der Waals surface area contributed by atoms with Crippen LogP contribution >= 0.6 is 0 Å². The second kappa shape index (κ2) is 27.4. The molecule has 8 bridgehead atoms. The van der Waals surface area contributed by atoms with Crippen molar-refractivity contribution in [1.29, 1.82) is 0 Å². The van der Waals surface area contributed by atoms with Crippen LogP contribution in [0.4, 0.5) is 0 Å². The number of aromatic amines is 2. The summed E-state index contributed by atoms with van der Waals surface area (Å²) in [5.41, 5.74) is 58.9. The Hall–Kier alpha value is -8.44. The highest BCUT2D eigenvalue weighted by Gasteiger charge is 2.22. The number of hydrogen-bond donors (Lipinski definition) is 10. The van der Waals surface area contributed by atoms with E-state index < -0.39 is 0 Å². The van der Waals surface area contributed by atoms with Crippen molar-refractivity contribution >= 4 is 46.4 Å². The lowest BCUT2D eigenvalue weighted by molar-refractivity contribution is 0.312. The molecule has 9 rings (SSSR count). The van der Waals surface area contributed by atoms with Crippen LogP contribution < -0.4 is 83.8 Å². The molecule has 80 heavy (non-hydrogen) atoms. The number of fused-ring (bicyclic) bond motifs is 8. The van der Waals surface area contributed by atoms with E-state index in [1.165, 1.54) is 0 Å². The maximum Gasteiger partial charge on any atom is 0.123 e. The number of rotatable bonds is 28. The molecule has 0 radical (unpaired) electrons. The molecule has 0 saturated carbocycles. The maximum atomic E-state index is 6.19. The third kappa shape index (κ3) is 13.5. The van der Waals surface area contributed by atoms with Crippen LogP contribution in [0.5, 0.6) is 46.0 Å². The Bertz CT molecular complexity index is 2960. The zero-order valence-electron chi connectivity index (χ0n) is 44.6. The number of nitrogens with zero attached hydrogens (tertiary/aromatic N) is 2. The Labute approximate surface area is 464 Å². The first-order valence-electron chi connectivity index (χ1n) is 26.7. The SMILES string of the molecule is NCCOc1cc(OCCN)cc(-c2c3nc(c(-c4cc(OCCN)cc(OCCN)c4)c4ccc([nH]4)c(-c4cc(OCCN)cc(OCCN)c4)c4nc(c(-c5cc(OCCN)cc(OCCN)c5)c5ccc2[nH]5)C=C4)C=C3)c1. The van der Waals surface area contributed by atoms with Crippen LogP contribution in [-0.2, 0) is 0 Å². The van der Waals surface area contributed by atoms with Gasteiger partial charge in [-0.3, -0.25) is 0 Å². The van der Waals surface area contributed by atoms with Crippen LogP contribution in [0.15, 0.2) is 97.1 Å². The number of nitrogens with one attached hydrogen (secondary N) is 2. The summed E-state index contributed by atoms with van der Waals surface area (Å²) in [5, 5.41) is 0. The first-order chi connectivity index (χ1) is 39.3. The van der Waals surface area contributed by atoms with Crippen LogP contribution in [-0.4, -0.2) is 125 Å². The fraction of sp³-hybridized carbons (Fsp3) is 0.267. The molecule has 20 heteroatoms. The molecular weight excluding hydrogens is 1020 g/mol. The number of benzene rings is 4. The smallest absolute Gasteiger partial charge is 0.123 e. The predicted octanol–water partition coefficient (Wildman–Crippen LogP) is 6.02. The molecule has 418 valence electrons. The lowest BCUT2D eigenvalue weighted by Crippen LogP contribution is -2.12. The zero-order valence-corrected chi connectivity index (χ0v) is 44.6. The molecule has 5 heterocycles. The van der Waals surface area contributed by atoms with Crippen molar-refractivity contribution in [2.75, 3.05) is 105 Å². The van der Waals surface area contributed by atoms with Crippen LogP contribution in [0.2, 0.25) is 0 Å². The van der Waals surface area contributed by atoms with Crippen molar-refractivity contribution in [2.45, 2.75) is 0 Å². The second-order valence-electron chi connectivity index (χ2n) is 18.4. The van der Waals surface area contributed by atoms with Crippen molar-refractivity contribution < 1.29 is 37.9 Å². The van der Waals surface area contributed by atoms with E-state index in [0.717, 1.165) is 44.5 Å². The van der Waals surface area contributed by atoms with Gasteiger partial charge in [-0.05, 0) is 119 Å². The Balaban J connectivity index is 1.46. The van der Waals surface area contributed by atoms with Gasteiger partial charge < -0.3 is 93.7 Å². The van der Waals surface area contributed by atoms with Gasteiger partial charge in [0.25, 0.3) is 0 Å². The van der Waals surface area contributed by atoms with Gasteiger partial charge in [0.2, 0.25) is 0 Å². The summed E-state index contributed by atoms with van der Waals surface area (Å²) < 4.78 is 49.6. The molecule has 0 unspecified atom stereocenters. The summed E-state index contributed by atoms with van der Waals surface area (Å²) in [7, 11) is 0. The van der Waals surface area contributed by atoms with E-state index >= 15 is 0 Å². The van der Waals surface area contributed by atoms with Crippen molar-refractivity contribution in [3.63, 3.8) is 0 Å². The van der Waals surface area contributed by atoms with E-state index in [-0.39, 0.29) is 52.9 Å². The fourth-order valence-corrected chi connectivity index (χ4v) is 9.37. The molecular formula is C60H70N12O8. The lowest BCUT2D eigenvalue weighted by Gasteiger charge is -2.14. The second-order valence-corrected chi connectivity index (χ2v) is 18.4. The van der Waals surface area contributed by atoms with Crippen molar-refractivity contribution in [2.24, 2.45) is 45.9 Å². The lowest BCUT2D eigenvalue weighted by atomic mass is 10.0. The molecule has 2 aliphatic heterocycles. The van der Waals surface area contributed by atoms with E-state index in [0.29, 0.717) is 143 Å². The minimum atomic E-state index is 0.274. The molecule has 0 spiro atoms. The molecule has 0 amide bonds. The number of hydrogen-bond acceptors (Lipinski definition) is 18. The Morgan fingerprint density at radius 1 is 0.263 bits per heavy atom. The average Bonchev–Trinajstić information content (AvgIpc) is 4.42. The molecule has 2 aliphatic rings. The van der Waals surface area contributed by atoms with E-state index in [2.05, 4.69) is 9.97 Å². The summed E-state index contributed by atoms with van der Waals surface area (Å²) in [6.45, 7) is 4.61. The molecule has 0 saturated heterocycles. The minimum absolute atomic E-state index is 0.274. The van der Waals surface area contributed by atoms with Gasteiger partial charge in [0.05, 0.1) is 22.8 Å². The minimum Gasteiger partial charge on any atom is -0.492 e. The van der Waals surface area contributed by atoms with Crippen molar-refractivity contribution in [3.05, 3.63) is 120 Å². The summed E-state index contributed by atoms with van der Waals surface area (Å²) in [6, 6.07) is 31.0. The molecule has 7 aromatic rings. The fourth-order valence-electron chi connectivity index (χ4n) is 9.37. The highest BCUT2D eigenvalue weighted by Crippen LogP contribution is 2.43. The van der Waals surface area contributed by atoms with Crippen molar-refractivity contribution in [1.82, 2.24) is 19.9 Å². The number of aromatic nitrogens is 4. The largest absolute Gasteiger partial charge is 0.492 e. The van der Waals surface area contributed by atoms with Crippen LogP contribution in [0, 0.1) is 0 Å². The standard InChI is InChI=1S/C60H70N12O8/c61-9-17-73-41-25-37(26-42(33-41)74-18-10-62)57-49-1-2-50(69-49)58(38-27-43(75-19-11-63)34-44(28-38)76-20-12-64)52-5-6-54(71-52)60(40-31-47(79-23-15-67)36-48(32-40)80-24-16-68)56-8-7-55(72-56)59(53-4-3-51(57)70-53)39-29-45(77-21-13-65)35-46(30-39)78-22-14-66/h1-8,25-36,69,72H,9-24,61-68H2. The van der Waals surface area contributed by atoms with E-state index in [1.807, 2.05) is 121 Å². The number of ether oxygens (including phenoxy) is 8. The summed E-state index contributed by atoms with van der Waals surface area (Å²) in [6.07, 6.45) is 7.96. The Kier molecular flexibility index (Phi) is 19.3. The normalized spacial score (nSPS) is 11.7. The highest BCUT2D eigenvalue weighted by atomic mass is 16.5. The van der Waals surface area contributed by atoms with Gasteiger partial charge >= 0.3 is 0 Å². The van der Waals surface area contributed by atoms with Gasteiger partial charge in [-0.2, -0.15) is 0 Å². The molecule has 0 aliphatic carbocycles. The molecule has 0 fully saturated rings. The van der Waals surface area contributed by atoms with Gasteiger partial charge in [0.15, 0.2) is 0 Å². The molecule has 3 aromatic heterocycles. The van der Waals surface area contributed by atoms with Gasteiger partial charge in [-0.25, -0.2) is 9.97 Å². The van der Waals surface area contributed by atoms with Crippen LogP contribution in [0.1, 0.15) is 22.8 Å². The Morgan fingerprint density at radius 3 is 0.600 bits per heavy atom. The van der Waals surface area contributed by atoms with E-state index in [1.54, 1.807) is 0 Å². The zero-order chi connectivity index (χ0) is 55.8. The topological polar surface area (TPSA) is 339 Å². The quantitative estimate of drug-likeness (QED) is 0.0268. The average molecular weight is 1090 g/mol. The first-order valence-corrected chi connectivity index (χ1v) is 26.7. The monoisotopic (exact) mass is 1090 g/mol. The van der Waals surface area contributed by atoms with Gasteiger partial charge in [-0.15, -0.1) is 0 Å². The van der Waals surface area contributed by atoms with Gasteiger partial charge in [0, 0.05) is 121 Å². The summed E-state index contributed by atoms with van der Waals surface area (Å²) >= 11 is 0. The molecule has 20 nitrogen and oxygen atoms in total.